The van der Waals surface area contributed by atoms with Crippen molar-refractivity contribution in [2.24, 2.45) is 5.92 Å². The molecule has 4 nitrogen and oxygen atoms in total. The molecule has 0 atom stereocenters. The largest absolute Gasteiger partial charge is 0.334 e. The third-order valence-electron chi connectivity index (χ3n) is 4.88. The van der Waals surface area contributed by atoms with Crippen molar-refractivity contribution >= 4 is 11.8 Å². The van der Waals surface area contributed by atoms with Gasteiger partial charge in [0.15, 0.2) is 5.78 Å². The molecule has 0 bridgehead atoms. The Bertz CT molecular complexity index is 784. The Morgan fingerprint density at radius 3 is 2.46 bits per heavy atom. The second kappa shape index (κ2) is 8.13. The number of urea groups is 1. The van der Waals surface area contributed by atoms with Crippen molar-refractivity contribution in [1.29, 1.82) is 0 Å². The van der Waals surface area contributed by atoms with E-state index in [9.17, 15) is 14.0 Å². The van der Waals surface area contributed by atoms with Crippen LogP contribution in [0.25, 0.3) is 0 Å². The lowest BCUT2D eigenvalue weighted by molar-refractivity contribution is 0.0854. The summed E-state index contributed by atoms with van der Waals surface area (Å²) in [5.41, 5.74) is 2.09. The van der Waals surface area contributed by atoms with Gasteiger partial charge in [0.05, 0.1) is 0 Å². The number of ketones is 1. The van der Waals surface area contributed by atoms with Gasteiger partial charge < -0.3 is 10.2 Å². The van der Waals surface area contributed by atoms with Crippen molar-refractivity contribution in [2.75, 3.05) is 13.1 Å². The minimum Gasteiger partial charge on any atom is -0.334 e. The summed E-state index contributed by atoms with van der Waals surface area (Å²) >= 11 is 0. The summed E-state index contributed by atoms with van der Waals surface area (Å²) in [6.45, 7) is 3.26. The summed E-state index contributed by atoms with van der Waals surface area (Å²) in [5.74, 6) is -0.373. The number of rotatable bonds is 4. The first kappa shape index (κ1) is 18.1. The maximum absolute atomic E-state index is 13.4. The highest BCUT2D eigenvalue weighted by atomic mass is 19.1. The number of aryl methyl sites for hydroxylation is 1. The highest BCUT2D eigenvalue weighted by Crippen LogP contribution is 2.23. The molecule has 2 aromatic carbocycles. The molecule has 0 aliphatic carbocycles. The fraction of sp³-hybridized carbons (Fsp3) is 0.333. The Morgan fingerprint density at radius 1 is 1.12 bits per heavy atom. The van der Waals surface area contributed by atoms with Crippen molar-refractivity contribution in [1.82, 2.24) is 10.2 Å². The number of carbonyl (C=O) groups is 2. The van der Waals surface area contributed by atoms with Crippen LogP contribution >= 0.6 is 0 Å². The van der Waals surface area contributed by atoms with Gasteiger partial charge in [0, 0.05) is 31.1 Å². The van der Waals surface area contributed by atoms with E-state index in [2.05, 4.69) is 5.32 Å². The van der Waals surface area contributed by atoms with Gasteiger partial charge in [0.2, 0.25) is 0 Å². The predicted molar refractivity (Wildman–Crippen MR) is 98.4 cm³/mol. The number of Topliss-reactive ketones (excluding diaryl/α,β-unsaturated/α-hetero) is 1. The number of nitrogens with one attached hydrogen (secondary N) is 1. The molecule has 0 radical (unpaired) electrons. The van der Waals surface area contributed by atoms with Crippen LogP contribution in [0.15, 0.2) is 48.5 Å². The number of hydrogen-bond acceptors (Lipinski definition) is 2. The van der Waals surface area contributed by atoms with E-state index in [4.69, 9.17) is 0 Å². The van der Waals surface area contributed by atoms with E-state index in [1.165, 1.54) is 6.07 Å². The van der Waals surface area contributed by atoms with E-state index in [-0.39, 0.29) is 23.5 Å². The zero-order valence-corrected chi connectivity index (χ0v) is 14.9. The van der Waals surface area contributed by atoms with Gasteiger partial charge in [-0.25, -0.2) is 9.18 Å². The molecular weight excluding hydrogens is 331 g/mol. The van der Waals surface area contributed by atoms with E-state index < -0.39 is 0 Å². The Hall–Kier alpha value is -2.69. The molecule has 0 spiro atoms. The molecule has 3 rings (SSSR count). The van der Waals surface area contributed by atoms with E-state index in [0.717, 1.165) is 5.56 Å². The van der Waals surface area contributed by atoms with Crippen LogP contribution in [0, 0.1) is 18.7 Å². The van der Waals surface area contributed by atoms with E-state index in [0.29, 0.717) is 43.6 Å². The number of benzene rings is 2. The number of hydrogen-bond donors (Lipinski definition) is 1. The summed E-state index contributed by atoms with van der Waals surface area (Å²) in [4.78, 5) is 26.6. The summed E-state index contributed by atoms with van der Waals surface area (Å²) in [6.07, 6.45) is 1.27. The number of nitrogens with zero attached hydrogens (tertiary/aromatic N) is 1. The van der Waals surface area contributed by atoms with Gasteiger partial charge in [-0.2, -0.15) is 0 Å². The van der Waals surface area contributed by atoms with E-state index in [1.807, 2.05) is 30.3 Å². The third kappa shape index (κ3) is 4.28. The molecule has 1 aliphatic rings. The molecule has 136 valence electrons. The molecule has 0 aromatic heterocycles. The maximum atomic E-state index is 13.4. The minimum absolute atomic E-state index is 0.0393. The summed E-state index contributed by atoms with van der Waals surface area (Å²) in [7, 11) is 0. The number of likely N-dealkylation sites (tertiary alicyclic amines) is 1. The van der Waals surface area contributed by atoms with Crippen molar-refractivity contribution < 1.29 is 14.0 Å². The Balaban J connectivity index is 1.51. The summed E-state index contributed by atoms with van der Waals surface area (Å²) in [6, 6.07) is 14.2. The first-order chi connectivity index (χ1) is 12.5. The first-order valence-corrected chi connectivity index (χ1v) is 8.91. The summed E-state index contributed by atoms with van der Waals surface area (Å²) < 4.78 is 13.4. The van der Waals surface area contributed by atoms with Crippen molar-refractivity contribution in [3.8, 4) is 0 Å². The van der Waals surface area contributed by atoms with Crippen molar-refractivity contribution in [2.45, 2.75) is 26.3 Å². The van der Waals surface area contributed by atoms with E-state index in [1.54, 1.807) is 24.0 Å². The van der Waals surface area contributed by atoms with Gasteiger partial charge >= 0.3 is 6.03 Å². The van der Waals surface area contributed by atoms with Crippen LogP contribution < -0.4 is 5.32 Å². The molecule has 1 fully saturated rings. The van der Waals surface area contributed by atoms with Gasteiger partial charge in [0.1, 0.15) is 5.82 Å². The van der Waals surface area contributed by atoms with Crippen LogP contribution in [0.4, 0.5) is 9.18 Å². The average molecular weight is 354 g/mol. The molecule has 5 heteroatoms. The van der Waals surface area contributed by atoms with Gasteiger partial charge in [0.25, 0.3) is 0 Å². The second-order valence-electron chi connectivity index (χ2n) is 6.73. The fourth-order valence-corrected chi connectivity index (χ4v) is 3.26. The topological polar surface area (TPSA) is 49.4 Å². The summed E-state index contributed by atoms with van der Waals surface area (Å²) in [5, 5.41) is 2.92. The number of piperidine rings is 1. The molecule has 1 heterocycles. The lowest BCUT2D eigenvalue weighted by Gasteiger charge is -2.31. The quantitative estimate of drug-likeness (QED) is 0.846. The molecule has 0 unspecified atom stereocenters. The normalized spacial score (nSPS) is 14.9. The number of halogens is 1. The lowest BCUT2D eigenvalue weighted by Crippen LogP contribution is -2.45. The molecule has 1 aliphatic heterocycles. The number of carbonyl (C=O) groups excluding carboxylic acids is 2. The van der Waals surface area contributed by atoms with E-state index >= 15 is 0 Å². The van der Waals surface area contributed by atoms with Crippen LogP contribution in [0.3, 0.4) is 0 Å². The van der Waals surface area contributed by atoms with Crippen LogP contribution in [0.1, 0.15) is 34.3 Å². The predicted octanol–water partition coefficient (Wildman–Crippen LogP) is 3.94. The smallest absolute Gasteiger partial charge is 0.317 e. The fourth-order valence-electron chi connectivity index (χ4n) is 3.26. The Morgan fingerprint density at radius 2 is 1.81 bits per heavy atom. The second-order valence-corrected chi connectivity index (χ2v) is 6.73. The Labute approximate surface area is 153 Å². The molecule has 1 saturated heterocycles. The Kier molecular flexibility index (Phi) is 5.66. The zero-order valence-electron chi connectivity index (χ0n) is 14.9. The van der Waals surface area contributed by atoms with Crippen LogP contribution in [-0.2, 0) is 6.54 Å². The van der Waals surface area contributed by atoms with Crippen LogP contribution in [0.5, 0.6) is 0 Å². The molecule has 26 heavy (non-hydrogen) atoms. The molecule has 2 amide bonds. The van der Waals surface area contributed by atoms with Crippen molar-refractivity contribution in [3.05, 3.63) is 71.0 Å². The van der Waals surface area contributed by atoms with Crippen LogP contribution in [0.2, 0.25) is 0 Å². The van der Waals surface area contributed by atoms with Gasteiger partial charge in [-0.15, -0.1) is 0 Å². The first-order valence-electron chi connectivity index (χ1n) is 8.91. The van der Waals surface area contributed by atoms with Gasteiger partial charge in [-0.3, -0.25) is 4.79 Å². The SMILES string of the molecule is Cc1cc(C(=O)C2CCN(C(=O)NCc3ccccc3)CC2)ccc1F. The monoisotopic (exact) mass is 354 g/mol. The average Bonchev–Trinajstić information content (AvgIpc) is 2.68. The highest BCUT2D eigenvalue weighted by Gasteiger charge is 2.28. The number of amides is 2. The zero-order chi connectivity index (χ0) is 18.5. The van der Waals surface area contributed by atoms with Gasteiger partial charge in [-0.05, 0) is 49.1 Å². The third-order valence-corrected chi connectivity index (χ3v) is 4.88. The minimum atomic E-state index is -0.300. The molecular formula is C21H23FN2O2. The van der Waals surface area contributed by atoms with Gasteiger partial charge in [-0.1, -0.05) is 30.3 Å². The molecule has 1 N–H and O–H groups in total. The standard InChI is InChI=1S/C21H23FN2O2/c1-15-13-18(7-8-19(15)22)20(25)17-9-11-24(12-10-17)21(26)23-14-16-5-3-2-4-6-16/h2-8,13,17H,9-12,14H2,1H3,(H,23,26). The molecule has 2 aromatic rings. The highest BCUT2D eigenvalue weighted by molar-refractivity contribution is 5.98. The van der Waals surface area contributed by atoms with Crippen LogP contribution in [-0.4, -0.2) is 29.8 Å². The van der Waals surface area contributed by atoms with Crippen molar-refractivity contribution in [3.63, 3.8) is 0 Å². The molecule has 0 saturated carbocycles. The lowest BCUT2D eigenvalue weighted by atomic mass is 9.88. The maximum Gasteiger partial charge on any atom is 0.317 e.